The summed E-state index contributed by atoms with van der Waals surface area (Å²) in [6.45, 7) is 5.27. The first-order valence-corrected chi connectivity index (χ1v) is 9.63. The van der Waals surface area contributed by atoms with Gasteiger partial charge in [-0.1, -0.05) is 29.8 Å². The first kappa shape index (κ1) is 24.2. The van der Waals surface area contributed by atoms with Crippen LogP contribution in [0.25, 0.3) is 0 Å². The van der Waals surface area contributed by atoms with Crippen molar-refractivity contribution in [3.05, 3.63) is 77.1 Å². The number of carbonyl (C=O) groups excluding carboxylic acids is 1. The third kappa shape index (κ3) is 5.33. The van der Waals surface area contributed by atoms with E-state index in [1.807, 2.05) is 6.07 Å². The highest BCUT2D eigenvalue weighted by Gasteiger charge is 2.37. The lowest BCUT2D eigenvalue weighted by molar-refractivity contribution is -0.137. The molecule has 1 aliphatic rings. The molecule has 0 aliphatic carbocycles. The Labute approximate surface area is 184 Å². The number of halogens is 5. The molecule has 9 heteroatoms. The van der Waals surface area contributed by atoms with Crippen molar-refractivity contribution in [1.82, 2.24) is 15.2 Å². The zero-order chi connectivity index (χ0) is 21.0. The fourth-order valence-electron chi connectivity index (χ4n) is 3.69. The molecule has 4 nitrogen and oxygen atoms in total. The number of pyridine rings is 1. The van der Waals surface area contributed by atoms with Gasteiger partial charge in [0.15, 0.2) is 0 Å². The molecule has 2 unspecified atom stereocenters. The lowest BCUT2D eigenvalue weighted by Crippen LogP contribution is -2.43. The second kappa shape index (κ2) is 10.3. The fourth-order valence-corrected chi connectivity index (χ4v) is 4.01. The summed E-state index contributed by atoms with van der Waals surface area (Å²) < 4.78 is 39.5. The Bertz CT molecular complexity index is 878. The van der Waals surface area contributed by atoms with Crippen molar-refractivity contribution in [3.8, 4) is 0 Å². The zero-order valence-corrected chi connectivity index (χ0v) is 17.6. The molecule has 1 N–H and O–H groups in total. The molecule has 0 bridgehead atoms. The van der Waals surface area contributed by atoms with Gasteiger partial charge < -0.3 is 5.32 Å². The fraction of sp³-hybridized carbons (Fsp3) is 0.333. The van der Waals surface area contributed by atoms with Crippen LogP contribution in [-0.2, 0) is 6.18 Å². The maximum atomic E-state index is 13.2. The van der Waals surface area contributed by atoms with E-state index in [0.717, 1.165) is 25.5 Å². The molecular weight excluding hydrogens is 438 g/mol. The van der Waals surface area contributed by atoms with Gasteiger partial charge in [0, 0.05) is 18.8 Å². The van der Waals surface area contributed by atoms with Crippen molar-refractivity contribution in [1.29, 1.82) is 0 Å². The lowest BCUT2D eigenvalue weighted by atomic mass is 10.00. The van der Waals surface area contributed by atoms with Gasteiger partial charge in [0.05, 0.1) is 27.9 Å². The first-order chi connectivity index (χ1) is 13.8. The molecule has 2 aromatic rings. The van der Waals surface area contributed by atoms with E-state index in [1.54, 1.807) is 24.4 Å². The Morgan fingerprint density at radius 3 is 2.73 bits per heavy atom. The molecule has 30 heavy (non-hydrogen) atoms. The number of nitrogens with one attached hydrogen (secondary N) is 1. The van der Waals surface area contributed by atoms with Crippen LogP contribution in [0.2, 0.25) is 5.02 Å². The summed E-state index contributed by atoms with van der Waals surface area (Å²) >= 11 is 5.94. The van der Waals surface area contributed by atoms with E-state index in [4.69, 9.17) is 11.6 Å². The van der Waals surface area contributed by atoms with Crippen LogP contribution in [-0.4, -0.2) is 34.9 Å². The maximum Gasteiger partial charge on any atom is 0.417 e. The molecule has 2 heterocycles. The Morgan fingerprint density at radius 1 is 1.33 bits per heavy atom. The van der Waals surface area contributed by atoms with Crippen molar-refractivity contribution in [2.24, 2.45) is 0 Å². The minimum atomic E-state index is -4.64. The summed E-state index contributed by atoms with van der Waals surface area (Å²) in [5.74, 6) is -0.665. The second-order valence-electron chi connectivity index (χ2n) is 6.86. The third-order valence-electron chi connectivity index (χ3n) is 5.00. The minimum Gasteiger partial charge on any atom is -0.342 e. The van der Waals surface area contributed by atoms with Crippen LogP contribution in [0.15, 0.2) is 55.3 Å². The van der Waals surface area contributed by atoms with Gasteiger partial charge in [0.25, 0.3) is 5.91 Å². The number of nitrogens with zero attached hydrogens (tertiary/aromatic N) is 2. The highest BCUT2D eigenvalue weighted by molar-refractivity contribution is 6.34. The van der Waals surface area contributed by atoms with Gasteiger partial charge in [-0.3, -0.25) is 14.7 Å². The van der Waals surface area contributed by atoms with E-state index in [0.29, 0.717) is 12.2 Å². The average Bonchev–Trinajstić information content (AvgIpc) is 3.14. The summed E-state index contributed by atoms with van der Waals surface area (Å²) in [4.78, 5) is 19.5. The zero-order valence-electron chi connectivity index (χ0n) is 16.0. The number of rotatable bonds is 6. The smallest absolute Gasteiger partial charge is 0.342 e. The maximum absolute atomic E-state index is 13.2. The van der Waals surface area contributed by atoms with Crippen LogP contribution in [0.4, 0.5) is 13.2 Å². The molecule has 1 fully saturated rings. The molecule has 2 atom stereocenters. The van der Waals surface area contributed by atoms with Crippen LogP contribution in [0.5, 0.6) is 0 Å². The highest BCUT2D eigenvalue weighted by atomic mass is 35.5. The van der Waals surface area contributed by atoms with Gasteiger partial charge >= 0.3 is 6.18 Å². The monoisotopic (exact) mass is 459 g/mol. The topological polar surface area (TPSA) is 45.2 Å². The predicted molar refractivity (Wildman–Crippen MR) is 113 cm³/mol. The van der Waals surface area contributed by atoms with Crippen LogP contribution in [0, 0.1) is 0 Å². The summed E-state index contributed by atoms with van der Waals surface area (Å²) in [5.41, 5.74) is -0.601. The molecule has 1 saturated heterocycles. The molecule has 1 aromatic carbocycles. The standard InChI is InChI=1S/C21H21ClF3N3O.ClH/c1-2-12-28-13-6-10-17(28)19(16-9-3-4-11-26-16)27-20(29)14-7-5-8-15(18(14)22)21(23,24)25;/h2-5,7-9,11,17,19H,1,6,10,12-13H2,(H,27,29);1H. The number of alkyl halides is 3. The van der Waals surface area contributed by atoms with E-state index in [-0.39, 0.29) is 24.0 Å². The quantitative estimate of drug-likeness (QED) is 0.596. The van der Waals surface area contributed by atoms with E-state index in [2.05, 4.69) is 21.8 Å². The van der Waals surface area contributed by atoms with Crippen molar-refractivity contribution in [2.45, 2.75) is 31.1 Å². The normalized spacial score (nSPS) is 17.8. The summed E-state index contributed by atoms with van der Waals surface area (Å²) in [5, 5.41) is 2.27. The third-order valence-corrected chi connectivity index (χ3v) is 5.41. The largest absolute Gasteiger partial charge is 0.417 e. The molecule has 0 spiro atoms. The Kier molecular flexibility index (Phi) is 8.29. The molecule has 1 amide bonds. The number of amides is 1. The van der Waals surface area contributed by atoms with Crippen LogP contribution >= 0.6 is 24.0 Å². The van der Waals surface area contributed by atoms with Gasteiger partial charge in [0.1, 0.15) is 0 Å². The summed E-state index contributed by atoms with van der Waals surface area (Å²) in [6, 6.07) is 8.17. The molecule has 1 aromatic heterocycles. The van der Waals surface area contributed by atoms with E-state index in [9.17, 15) is 18.0 Å². The predicted octanol–water partition coefficient (Wildman–Crippen LogP) is 5.30. The first-order valence-electron chi connectivity index (χ1n) is 9.25. The number of aromatic nitrogens is 1. The second-order valence-corrected chi connectivity index (χ2v) is 7.24. The number of likely N-dealkylation sites (tertiary alicyclic amines) is 1. The number of carbonyl (C=O) groups is 1. The van der Waals surface area contributed by atoms with Gasteiger partial charge in [-0.25, -0.2) is 0 Å². The van der Waals surface area contributed by atoms with Crippen molar-refractivity contribution >= 4 is 29.9 Å². The Hall–Kier alpha value is -2.09. The van der Waals surface area contributed by atoms with E-state index >= 15 is 0 Å². The Morgan fingerprint density at radius 2 is 2.10 bits per heavy atom. The summed E-state index contributed by atoms with van der Waals surface area (Å²) in [7, 11) is 0. The SMILES string of the molecule is C=CCN1CCCC1C(NC(=O)c1cccc(C(F)(F)F)c1Cl)c1ccccn1.Cl. The molecule has 0 radical (unpaired) electrons. The van der Waals surface area contributed by atoms with Gasteiger partial charge in [-0.2, -0.15) is 13.2 Å². The number of hydrogen-bond donors (Lipinski definition) is 1. The molecule has 0 saturated carbocycles. The lowest BCUT2D eigenvalue weighted by Gasteiger charge is -2.31. The summed E-state index contributed by atoms with van der Waals surface area (Å²) in [6.07, 6.45) is 0.547. The van der Waals surface area contributed by atoms with Crippen molar-refractivity contribution < 1.29 is 18.0 Å². The van der Waals surface area contributed by atoms with Crippen LogP contribution < -0.4 is 5.32 Å². The average molecular weight is 460 g/mol. The van der Waals surface area contributed by atoms with Crippen LogP contribution in [0.3, 0.4) is 0 Å². The van der Waals surface area contributed by atoms with Crippen molar-refractivity contribution in [3.63, 3.8) is 0 Å². The van der Waals surface area contributed by atoms with Gasteiger partial charge in [0.2, 0.25) is 0 Å². The van der Waals surface area contributed by atoms with Gasteiger partial charge in [-0.05, 0) is 43.7 Å². The number of hydrogen-bond acceptors (Lipinski definition) is 3. The van der Waals surface area contributed by atoms with Gasteiger partial charge in [-0.15, -0.1) is 19.0 Å². The Balaban J connectivity index is 0.00000320. The van der Waals surface area contributed by atoms with Crippen LogP contribution in [0.1, 0.15) is 40.5 Å². The van der Waals surface area contributed by atoms with Crippen molar-refractivity contribution in [2.75, 3.05) is 13.1 Å². The molecular formula is C21H22Cl2F3N3O. The highest BCUT2D eigenvalue weighted by Crippen LogP contribution is 2.36. The molecule has 162 valence electrons. The van der Waals surface area contributed by atoms with E-state index in [1.165, 1.54) is 12.1 Å². The number of benzene rings is 1. The van der Waals surface area contributed by atoms with E-state index < -0.39 is 28.7 Å². The molecule has 1 aliphatic heterocycles. The molecule has 3 rings (SSSR count). The minimum absolute atomic E-state index is 0.